The molecule has 6 nitrogen and oxygen atoms in total. The van der Waals surface area contributed by atoms with Gasteiger partial charge in [-0.1, -0.05) is 0 Å². The van der Waals surface area contributed by atoms with E-state index in [0.717, 1.165) is 0 Å². The zero-order valence-electron chi connectivity index (χ0n) is 9.59. The van der Waals surface area contributed by atoms with Gasteiger partial charge in [0.25, 0.3) is 11.0 Å². The Labute approximate surface area is 98.0 Å². The molecule has 0 spiro atoms. The summed E-state index contributed by atoms with van der Waals surface area (Å²) >= 11 is 0. The number of unbranched alkanes of at least 4 members (excludes halogenated alkanes) is 1. The molecule has 0 N–H and O–H groups in total. The van der Waals surface area contributed by atoms with Gasteiger partial charge in [-0.05, 0) is 26.7 Å². The zero-order valence-corrected chi connectivity index (χ0v) is 11.4. The van der Waals surface area contributed by atoms with Crippen LogP contribution in [0.25, 0.3) is 0 Å². The molecule has 0 aliphatic heterocycles. The summed E-state index contributed by atoms with van der Waals surface area (Å²) in [5, 5.41) is 0. The number of rotatable bonds is 10. The van der Waals surface area contributed by atoms with E-state index in [1.807, 2.05) is 0 Å². The average Bonchev–Trinajstić information content (AvgIpc) is 2.17. The summed E-state index contributed by atoms with van der Waals surface area (Å²) in [5.41, 5.74) is 0. The first kappa shape index (κ1) is 16.1. The SMILES string of the molecule is CCOP(=O)(CCCCO[SH](=O)=O)OCC. The fourth-order valence-electron chi connectivity index (χ4n) is 1.11. The van der Waals surface area contributed by atoms with Gasteiger partial charge < -0.3 is 9.05 Å². The van der Waals surface area contributed by atoms with Crippen molar-refractivity contribution in [1.82, 2.24) is 0 Å². The predicted octanol–water partition coefficient (Wildman–Crippen LogP) is 1.58. The van der Waals surface area contributed by atoms with Crippen molar-refractivity contribution in [2.45, 2.75) is 26.7 Å². The van der Waals surface area contributed by atoms with Crippen molar-refractivity contribution in [1.29, 1.82) is 0 Å². The zero-order chi connectivity index (χ0) is 12.4. The average molecular weight is 274 g/mol. The molecular formula is C8H19O6PS. The van der Waals surface area contributed by atoms with E-state index in [1.165, 1.54) is 0 Å². The molecule has 0 radical (unpaired) electrons. The molecule has 0 atom stereocenters. The van der Waals surface area contributed by atoms with E-state index in [9.17, 15) is 13.0 Å². The van der Waals surface area contributed by atoms with Crippen molar-refractivity contribution in [3.63, 3.8) is 0 Å². The van der Waals surface area contributed by atoms with E-state index in [1.54, 1.807) is 13.8 Å². The normalized spacial score (nSPS) is 12.2. The molecule has 0 aromatic heterocycles. The van der Waals surface area contributed by atoms with Crippen LogP contribution in [0.1, 0.15) is 26.7 Å². The Hall–Kier alpha value is 0.0600. The van der Waals surface area contributed by atoms with Crippen molar-refractivity contribution in [3.05, 3.63) is 0 Å². The summed E-state index contributed by atoms with van der Waals surface area (Å²) < 4.78 is 46.6. The van der Waals surface area contributed by atoms with Crippen LogP contribution in [0, 0.1) is 0 Å². The van der Waals surface area contributed by atoms with Crippen LogP contribution in [0.2, 0.25) is 0 Å². The standard InChI is InChI=1S/C8H19O6PS/c1-3-12-15(9,13-4-2)8-6-5-7-14-16(10)11/h16H,3-8H2,1-2H3. The molecule has 0 heterocycles. The Morgan fingerprint density at radius 1 is 1.06 bits per heavy atom. The lowest BCUT2D eigenvalue weighted by atomic mass is 10.4. The molecule has 0 rings (SSSR count). The monoisotopic (exact) mass is 274 g/mol. The van der Waals surface area contributed by atoms with Crippen LogP contribution in [0.5, 0.6) is 0 Å². The van der Waals surface area contributed by atoms with E-state index in [0.29, 0.717) is 26.1 Å². The van der Waals surface area contributed by atoms with E-state index in [2.05, 4.69) is 4.18 Å². The molecule has 0 amide bonds. The van der Waals surface area contributed by atoms with E-state index in [4.69, 9.17) is 9.05 Å². The molecule has 0 aromatic rings. The number of hydrogen-bond donors (Lipinski definition) is 1. The van der Waals surface area contributed by atoms with Gasteiger partial charge in [-0.2, -0.15) is 0 Å². The lowest BCUT2D eigenvalue weighted by Crippen LogP contribution is -2.01. The van der Waals surface area contributed by atoms with Gasteiger partial charge in [-0.3, -0.25) is 8.75 Å². The smallest absolute Gasteiger partial charge is 0.309 e. The number of hydrogen-bond acceptors (Lipinski definition) is 6. The van der Waals surface area contributed by atoms with Crippen molar-refractivity contribution < 1.29 is 26.2 Å². The van der Waals surface area contributed by atoms with Crippen LogP contribution in [0.3, 0.4) is 0 Å². The molecule has 0 aromatic carbocycles. The van der Waals surface area contributed by atoms with Crippen LogP contribution in [0.4, 0.5) is 0 Å². The first-order valence-electron chi connectivity index (χ1n) is 5.19. The summed E-state index contributed by atoms with van der Waals surface area (Å²) in [6.45, 7) is 4.27. The Kier molecular flexibility index (Phi) is 9.16. The molecular weight excluding hydrogens is 255 g/mol. The second-order valence-corrected chi connectivity index (χ2v) is 5.82. The van der Waals surface area contributed by atoms with Crippen LogP contribution >= 0.6 is 7.60 Å². The van der Waals surface area contributed by atoms with Crippen molar-refractivity contribution >= 4 is 18.6 Å². The minimum Gasteiger partial charge on any atom is -0.309 e. The molecule has 0 aliphatic carbocycles. The van der Waals surface area contributed by atoms with Gasteiger partial charge in [-0.25, -0.2) is 8.42 Å². The maximum Gasteiger partial charge on any atom is 0.330 e. The van der Waals surface area contributed by atoms with Crippen molar-refractivity contribution in [3.8, 4) is 0 Å². The quantitative estimate of drug-likeness (QED) is 0.370. The molecule has 0 saturated heterocycles. The fraction of sp³-hybridized carbons (Fsp3) is 1.00. The Morgan fingerprint density at radius 3 is 2.06 bits per heavy atom. The predicted molar refractivity (Wildman–Crippen MR) is 61.2 cm³/mol. The minimum absolute atomic E-state index is 0.108. The topological polar surface area (TPSA) is 78.9 Å². The van der Waals surface area contributed by atoms with Gasteiger partial charge in [-0.15, -0.1) is 0 Å². The largest absolute Gasteiger partial charge is 0.330 e. The summed E-state index contributed by atoms with van der Waals surface area (Å²) in [6.07, 6.45) is 1.33. The highest BCUT2D eigenvalue weighted by atomic mass is 32.2. The Morgan fingerprint density at radius 2 is 1.62 bits per heavy atom. The second-order valence-electron chi connectivity index (χ2n) is 2.93. The highest BCUT2D eigenvalue weighted by Gasteiger charge is 2.22. The summed E-state index contributed by atoms with van der Waals surface area (Å²) in [5.74, 6) is 0. The third-order valence-corrected chi connectivity index (χ3v) is 4.24. The van der Waals surface area contributed by atoms with Crippen LogP contribution in [-0.2, 0) is 28.8 Å². The van der Waals surface area contributed by atoms with Gasteiger partial charge in [0.15, 0.2) is 0 Å². The molecule has 0 unspecified atom stereocenters. The Balaban J connectivity index is 3.80. The maximum atomic E-state index is 11.9. The van der Waals surface area contributed by atoms with Crippen LogP contribution in [-0.4, -0.2) is 34.4 Å². The third-order valence-electron chi connectivity index (χ3n) is 1.67. The molecule has 98 valence electrons. The second kappa shape index (κ2) is 9.13. The first-order valence-corrected chi connectivity index (χ1v) is 8.02. The third kappa shape index (κ3) is 8.24. The molecule has 0 bridgehead atoms. The fourth-order valence-corrected chi connectivity index (χ4v) is 3.11. The molecule has 0 saturated carbocycles. The van der Waals surface area contributed by atoms with Gasteiger partial charge >= 0.3 is 7.60 Å². The van der Waals surface area contributed by atoms with Gasteiger partial charge in [0.1, 0.15) is 0 Å². The first-order chi connectivity index (χ1) is 7.54. The molecule has 0 aliphatic rings. The van der Waals surface area contributed by atoms with Gasteiger partial charge in [0.2, 0.25) is 0 Å². The van der Waals surface area contributed by atoms with Crippen LogP contribution < -0.4 is 0 Å². The minimum atomic E-state index is -2.99. The number of thiol groups is 1. The van der Waals surface area contributed by atoms with E-state index in [-0.39, 0.29) is 12.8 Å². The summed E-state index contributed by atoms with van der Waals surface area (Å²) in [7, 11) is -5.78. The summed E-state index contributed by atoms with van der Waals surface area (Å²) in [4.78, 5) is 0. The Bertz CT molecular complexity index is 272. The molecule has 0 fully saturated rings. The van der Waals surface area contributed by atoms with Gasteiger partial charge in [0, 0.05) is 0 Å². The highest BCUT2D eigenvalue weighted by Crippen LogP contribution is 2.48. The van der Waals surface area contributed by atoms with Gasteiger partial charge in [0.05, 0.1) is 26.0 Å². The molecule has 16 heavy (non-hydrogen) atoms. The van der Waals surface area contributed by atoms with Crippen LogP contribution in [0.15, 0.2) is 0 Å². The molecule has 8 heteroatoms. The van der Waals surface area contributed by atoms with E-state index < -0.39 is 18.6 Å². The lowest BCUT2D eigenvalue weighted by molar-refractivity contribution is 0.219. The maximum absolute atomic E-state index is 11.9. The van der Waals surface area contributed by atoms with Crippen molar-refractivity contribution in [2.75, 3.05) is 26.0 Å². The highest BCUT2D eigenvalue weighted by molar-refractivity contribution is 7.67. The van der Waals surface area contributed by atoms with Crippen molar-refractivity contribution in [2.24, 2.45) is 0 Å². The summed E-state index contributed by atoms with van der Waals surface area (Å²) in [6, 6.07) is 0. The lowest BCUT2D eigenvalue weighted by Gasteiger charge is -2.16. The van der Waals surface area contributed by atoms with E-state index >= 15 is 0 Å².